The number of imide groups is 1. The second kappa shape index (κ2) is 10.4. The second-order valence-corrected chi connectivity index (χ2v) is 10.0. The van der Waals surface area contributed by atoms with Crippen molar-refractivity contribution in [2.24, 2.45) is 11.8 Å². The Morgan fingerprint density at radius 2 is 1.65 bits per heavy atom. The maximum atomic E-state index is 13.3. The van der Waals surface area contributed by atoms with Gasteiger partial charge >= 0.3 is 0 Å². The fourth-order valence-corrected chi connectivity index (χ4v) is 4.42. The molecule has 1 N–H and O–H groups in total. The molecule has 0 spiro atoms. The van der Waals surface area contributed by atoms with Crippen molar-refractivity contribution in [2.45, 2.75) is 65.1 Å². The predicted molar refractivity (Wildman–Crippen MR) is 128 cm³/mol. The van der Waals surface area contributed by atoms with E-state index in [-0.39, 0.29) is 55.0 Å². The van der Waals surface area contributed by atoms with E-state index in [2.05, 4.69) is 5.32 Å². The molecule has 1 aliphatic heterocycles. The van der Waals surface area contributed by atoms with Gasteiger partial charge in [-0.25, -0.2) is 0 Å². The van der Waals surface area contributed by atoms with Crippen LogP contribution in [0.4, 0.5) is 0 Å². The van der Waals surface area contributed by atoms with Crippen LogP contribution in [-0.2, 0) is 25.7 Å². The zero-order valence-electron chi connectivity index (χ0n) is 20.7. The molecule has 3 rings (SSSR count). The summed E-state index contributed by atoms with van der Waals surface area (Å²) in [7, 11) is 1.58. The number of benzene rings is 1. The van der Waals surface area contributed by atoms with Gasteiger partial charge < -0.3 is 15.0 Å². The van der Waals surface area contributed by atoms with E-state index in [0.717, 1.165) is 5.56 Å². The number of hydrogen-bond donors (Lipinski definition) is 1. The van der Waals surface area contributed by atoms with Gasteiger partial charge in [0.25, 0.3) is 0 Å². The predicted octanol–water partition coefficient (Wildman–Crippen LogP) is 2.67. The Hall–Kier alpha value is -3.16. The minimum atomic E-state index is -0.731. The number of amides is 4. The first-order valence-electron chi connectivity index (χ1n) is 11.8. The third-order valence-electron chi connectivity index (χ3n) is 6.33. The number of carbonyl (C=O) groups excluding carboxylic acids is 4. The minimum Gasteiger partial charge on any atom is -0.497 e. The summed E-state index contributed by atoms with van der Waals surface area (Å²) in [6, 6.07) is 6.56. The van der Waals surface area contributed by atoms with Crippen molar-refractivity contribution >= 4 is 23.6 Å². The van der Waals surface area contributed by atoms with E-state index in [1.165, 1.54) is 9.80 Å². The molecule has 8 heteroatoms. The van der Waals surface area contributed by atoms with Gasteiger partial charge in [0.2, 0.25) is 23.6 Å². The maximum absolute atomic E-state index is 13.3. The lowest BCUT2D eigenvalue weighted by Crippen LogP contribution is -2.52. The van der Waals surface area contributed by atoms with Gasteiger partial charge in [0.05, 0.1) is 18.9 Å². The van der Waals surface area contributed by atoms with Gasteiger partial charge in [-0.1, -0.05) is 24.3 Å². The number of likely N-dealkylation sites (tertiary alicyclic amines) is 1. The van der Waals surface area contributed by atoms with Gasteiger partial charge in [0.1, 0.15) is 11.8 Å². The molecule has 0 bridgehead atoms. The first-order chi connectivity index (χ1) is 16.0. The summed E-state index contributed by atoms with van der Waals surface area (Å²) in [6.45, 7) is 7.58. The molecule has 4 amide bonds. The molecule has 1 aliphatic carbocycles. The van der Waals surface area contributed by atoms with Crippen LogP contribution >= 0.6 is 0 Å². The van der Waals surface area contributed by atoms with E-state index in [4.69, 9.17) is 4.74 Å². The Kier molecular flexibility index (Phi) is 7.79. The third-order valence-corrected chi connectivity index (χ3v) is 6.33. The first kappa shape index (κ1) is 25.5. The maximum Gasteiger partial charge on any atom is 0.242 e. The van der Waals surface area contributed by atoms with Crippen LogP contribution in [0, 0.1) is 11.8 Å². The van der Waals surface area contributed by atoms with Crippen LogP contribution in [0.2, 0.25) is 0 Å². The molecule has 1 aromatic carbocycles. The number of methoxy groups -OCH3 is 1. The third kappa shape index (κ3) is 5.85. The summed E-state index contributed by atoms with van der Waals surface area (Å²) < 4.78 is 5.20. The SMILES string of the molecule is COc1ccc(CN(C(=O)CCN2C(=O)[C@H]3CC=CC[C@H]3C2=O)[C@@H](C)C(=O)NC(C)(C)C)cc1. The highest BCUT2D eigenvalue weighted by Gasteiger charge is 2.47. The van der Waals surface area contributed by atoms with Crippen molar-refractivity contribution in [1.82, 2.24) is 15.1 Å². The van der Waals surface area contributed by atoms with Gasteiger partial charge in [-0.3, -0.25) is 24.1 Å². The van der Waals surface area contributed by atoms with Gasteiger partial charge in [0, 0.05) is 25.0 Å². The number of nitrogens with zero attached hydrogens (tertiary/aromatic N) is 2. The Bertz CT molecular complexity index is 938. The second-order valence-electron chi connectivity index (χ2n) is 10.0. The highest BCUT2D eigenvalue weighted by atomic mass is 16.5. The molecule has 1 fully saturated rings. The summed E-state index contributed by atoms with van der Waals surface area (Å²) in [6.07, 6.45) is 4.97. The smallest absolute Gasteiger partial charge is 0.242 e. The standard InChI is InChI=1S/C26H35N3O5/c1-17(23(31)27-26(2,3)4)29(16-18-10-12-19(34-5)13-11-18)22(30)14-15-28-24(32)20-8-6-7-9-21(20)25(28)33/h6-7,10-13,17,20-21H,8-9,14-16H2,1-5H3,(H,27,31)/t17-,20-,21+/m0/s1. The van der Waals surface area contributed by atoms with Crippen molar-refractivity contribution < 1.29 is 23.9 Å². The topological polar surface area (TPSA) is 96.0 Å². The number of fused-ring (bicyclic) bond motifs is 1. The number of carbonyl (C=O) groups is 4. The molecule has 1 aromatic rings. The van der Waals surface area contributed by atoms with Crippen LogP contribution in [0.3, 0.4) is 0 Å². The molecule has 0 unspecified atom stereocenters. The lowest BCUT2D eigenvalue weighted by atomic mass is 9.85. The number of nitrogens with one attached hydrogen (secondary N) is 1. The zero-order chi connectivity index (χ0) is 25.0. The van der Waals surface area contributed by atoms with E-state index in [1.54, 1.807) is 26.2 Å². The van der Waals surface area contributed by atoms with Crippen molar-refractivity contribution in [1.29, 1.82) is 0 Å². The zero-order valence-corrected chi connectivity index (χ0v) is 20.7. The average molecular weight is 470 g/mol. The van der Waals surface area contributed by atoms with E-state index < -0.39 is 11.6 Å². The fraction of sp³-hybridized carbons (Fsp3) is 0.538. The van der Waals surface area contributed by atoms with Crippen molar-refractivity contribution in [2.75, 3.05) is 13.7 Å². The van der Waals surface area contributed by atoms with Gasteiger partial charge in [-0.2, -0.15) is 0 Å². The number of hydrogen-bond acceptors (Lipinski definition) is 5. The van der Waals surface area contributed by atoms with Crippen LogP contribution in [0.5, 0.6) is 5.75 Å². The van der Waals surface area contributed by atoms with Crippen molar-refractivity contribution in [3.8, 4) is 5.75 Å². The molecule has 1 saturated heterocycles. The Morgan fingerprint density at radius 1 is 1.09 bits per heavy atom. The van der Waals surface area contributed by atoms with Crippen LogP contribution in [-0.4, -0.2) is 58.7 Å². The van der Waals surface area contributed by atoms with E-state index >= 15 is 0 Å². The summed E-state index contributed by atoms with van der Waals surface area (Å²) in [5.74, 6) is -0.901. The lowest BCUT2D eigenvalue weighted by Gasteiger charge is -2.32. The highest BCUT2D eigenvalue weighted by molar-refractivity contribution is 6.05. The van der Waals surface area contributed by atoms with E-state index in [0.29, 0.717) is 18.6 Å². The number of allylic oxidation sites excluding steroid dienone is 2. The highest BCUT2D eigenvalue weighted by Crippen LogP contribution is 2.35. The van der Waals surface area contributed by atoms with Crippen LogP contribution in [0.1, 0.15) is 52.5 Å². The molecule has 34 heavy (non-hydrogen) atoms. The van der Waals surface area contributed by atoms with Gasteiger partial charge in [0.15, 0.2) is 0 Å². The van der Waals surface area contributed by atoms with Gasteiger partial charge in [-0.05, 0) is 58.2 Å². The molecular weight excluding hydrogens is 434 g/mol. The van der Waals surface area contributed by atoms with Crippen LogP contribution < -0.4 is 10.1 Å². The Morgan fingerprint density at radius 3 is 2.15 bits per heavy atom. The largest absolute Gasteiger partial charge is 0.497 e. The van der Waals surface area contributed by atoms with Crippen LogP contribution in [0.25, 0.3) is 0 Å². The quantitative estimate of drug-likeness (QED) is 0.467. The molecule has 1 heterocycles. The van der Waals surface area contributed by atoms with Crippen LogP contribution in [0.15, 0.2) is 36.4 Å². The number of ether oxygens (including phenoxy) is 1. The normalized spacial score (nSPS) is 20.7. The fourth-order valence-electron chi connectivity index (χ4n) is 4.42. The summed E-state index contributed by atoms with van der Waals surface area (Å²) in [5.41, 5.74) is 0.397. The molecule has 8 nitrogen and oxygen atoms in total. The van der Waals surface area contributed by atoms with E-state index in [1.807, 2.05) is 45.1 Å². The molecule has 0 radical (unpaired) electrons. The molecule has 184 valence electrons. The molecule has 3 atom stereocenters. The summed E-state index contributed by atoms with van der Waals surface area (Å²) >= 11 is 0. The minimum absolute atomic E-state index is 0.0240. The average Bonchev–Trinajstić information content (AvgIpc) is 3.04. The monoisotopic (exact) mass is 469 g/mol. The Balaban J connectivity index is 1.73. The van der Waals surface area contributed by atoms with E-state index in [9.17, 15) is 19.2 Å². The first-order valence-corrected chi connectivity index (χ1v) is 11.8. The molecule has 0 saturated carbocycles. The molecule has 2 aliphatic rings. The number of rotatable bonds is 8. The van der Waals surface area contributed by atoms with Crippen molar-refractivity contribution in [3.63, 3.8) is 0 Å². The Labute approximate surface area is 201 Å². The summed E-state index contributed by atoms with van der Waals surface area (Å²) in [4.78, 5) is 54.4. The molecular formula is C26H35N3O5. The van der Waals surface area contributed by atoms with Crippen molar-refractivity contribution in [3.05, 3.63) is 42.0 Å². The molecule has 0 aromatic heterocycles. The van der Waals surface area contributed by atoms with Gasteiger partial charge in [-0.15, -0.1) is 0 Å². The summed E-state index contributed by atoms with van der Waals surface area (Å²) in [5, 5.41) is 2.92. The lowest BCUT2D eigenvalue weighted by molar-refractivity contribution is -0.144.